The van der Waals surface area contributed by atoms with E-state index in [1.54, 1.807) is 4.90 Å². The summed E-state index contributed by atoms with van der Waals surface area (Å²) in [5.41, 5.74) is -0.0885. The standard InChI is InChI=1S/C14H17F2NO2/c15-11-7-5-6-10(12(11)16)13(14(18)19)17-8-3-1-2-4-9-17/h5-7,13H,1-4,8-9H2,(H,18,19). The zero-order chi connectivity index (χ0) is 13.8. The second kappa shape index (κ2) is 6.10. The van der Waals surface area contributed by atoms with Gasteiger partial charge in [0, 0.05) is 5.56 Å². The van der Waals surface area contributed by atoms with Crippen molar-refractivity contribution in [2.24, 2.45) is 0 Å². The maximum Gasteiger partial charge on any atom is 0.325 e. The first-order valence-electron chi connectivity index (χ1n) is 6.52. The molecule has 1 aliphatic rings. The molecule has 1 fully saturated rings. The van der Waals surface area contributed by atoms with Gasteiger partial charge >= 0.3 is 5.97 Å². The SMILES string of the molecule is O=C(O)C(c1cccc(F)c1F)N1CCCCCC1. The average molecular weight is 269 g/mol. The molecule has 0 saturated carbocycles. The van der Waals surface area contributed by atoms with Crippen molar-refractivity contribution in [3.63, 3.8) is 0 Å². The average Bonchev–Trinajstić information content (AvgIpc) is 2.63. The van der Waals surface area contributed by atoms with E-state index in [9.17, 15) is 18.7 Å². The lowest BCUT2D eigenvalue weighted by Crippen LogP contribution is -2.35. The van der Waals surface area contributed by atoms with E-state index >= 15 is 0 Å². The highest BCUT2D eigenvalue weighted by Crippen LogP contribution is 2.27. The van der Waals surface area contributed by atoms with Crippen LogP contribution in [0.3, 0.4) is 0 Å². The molecule has 104 valence electrons. The number of rotatable bonds is 3. The molecule has 1 saturated heterocycles. The minimum Gasteiger partial charge on any atom is -0.480 e. The van der Waals surface area contributed by atoms with Gasteiger partial charge in [-0.1, -0.05) is 25.0 Å². The van der Waals surface area contributed by atoms with Crippen LogP contribution < -0.4 is 0 Å². The van der Waals surface area contributed by atoms with Gasteiger partial charge in [0.2, 0.25) is 0 Å². The summed E-state index contributed by atoms with van der Waals surface area (Å²) in [6.07, 6.45) is 3.88. The molecule has 1 N–H and O–H groups in total. The molecule has 2 rings (SSSR count). The molecule has 0 bridgehead atoms. The molecule has 1 atom stereocenters. The summed E-state index contributed by atoms with van der Waals surface area (Å²) in [4.78, 5) is 13.2. The Hall–Kier alpha value is -1.49. The molecule has 0 amide bonds. The smallest absolute Gasteiger partial charge is 0.325 e. The molecule has 1 aliphatic heterocycles. The van der Waals surface area contributed by atoms with E-state index in [2.05, 4.69) is 0 Å². The molecule has 0 aliphatic carbocycles. The first-order chi connectivity index (χ1) is 9.11. The summed E-state index contributed by atoms with van der Waals surface area (Å²) in [6.45, 7) is 1.21. The Bertz CT molecular complexity index is 457. The molecular formula is C14H17F2NO2. The van der Waals surface area contributed by atoms with Gasteiger partial charge in [0.05, 0.1) is 0 Å². The quantitative estimate of drug-likeness (QED) is 0.917. The minimum absolute atomic E-state index is 0.0885. The number of carboxylic acids is 1. The number of likely N-dealkylation sites (tertiary alicyclic amines) is 1. The Morgan fingerprint density at radius 1 is 1.16 bits per heavy atom. The van der Waals surface area contributed by atoms with Crippen molar-refractivity contribution >= 4 is 5.97 Å². The highest BCUT2D eigenvalue weighted by Gasteiger charge is 2.30. The Labute approximate surface area is 110 Å². The summed E-state index contributed by atoms with van der Waals surface area (Å²) in [6, 6.07) is 2.60. The molecule has 3 nitrogen and oxygen atoms in total. The molecule has 0 aromatic heterocycles. The van der Waals surface area contributed by atoms with Gasteiger partial charge in [0.1, 0.15) is 6.04 Å². The van der Waals surface area contributed by atoms with Gasteiger partial charge in [-0.15, -0.1) is 0 Å². The zero-order valence-corrected chi connectivity index (χ0v) is 10.6. The molecule has 5 heteroatoms. The van der Waals surface area contributed by atoms with Crippen LogP contribution in [-0.4, -0.2) is 29.1 Å². The van der Waals surface area contributed by atoms with Gasteiger partial charge in [-0.3, -0.25) is 9.69 Å². The maximum absolute atomic E-state index is 13.8. The summed E-state index contributed by atoms with van der Waals surface area (Å²) >= 11 is 0. The fourth-order valence-electron chi connectivity index (χ4n) is 2.57. The molecule has 0 radical (unpaired) electrons. The van der Waals surface area contributed by atoms with E-state index in [1.807, 2.05) is 0 Å². The minimum atomic E-state index is -1.13. The van der Waals surface area contributed by atoms with Gasteiger partial charge < -0.3 is 5.11 Å². The lowest BCUT2D eigenvalue weighted by Gasteiger charge is -2.27. The highest BCUT2D eigenvalue weighted by atomic mass is 19.2. The molecule has 19 heavy (non-hydrogen) atoms. The second-order valence-corrected chi connectivity index (χ2v) is 4.83. The summed E-state index contributed by atoms with van der Waals surface area (Å²) in [5.74, 6) is -3.19. The number of hydrogen-bond donors (Lipinski definition) is 1. The van der Waals surface area contributed by atoms with Gasteiger partial charge in [0.15, 0.2) is 11.6 Å². The summed E-state index contributed by atoms with van der Waals surface area (Å²) < 4.78 is 27.1. The van der Waals surface area contributed by atoms with Crippen LogP contribution in [0.4, 0.5) is 8.78 Å². The van der Waals surface area contributed by atoms with E-state index in [0.717, 1.165) is 31.7 Å². The second-order valence-electron chi connectivity index (χ2n) is 4.83. The normalized spacial score (nSPS) is 18.8. The predicted octanol–water partition coefficient (Wildman–Crippen LogP) is 2.97. The Morgan fingerprint density at radius 3 is 2.37 bits per heavy atom. The van der Waals surface area contributed by atoms with Crippen molar-refractivity contribution in [2.45, 2.75) is 31.7 Å². The van der Waals surface area contributed by atoms with Crippen molar-refractivity contribution in [2.75, 3.05) is 13.1 Å². The van der Waals surface area contributed by atoms with Crippen molar-refractivity contribution in [3.8, 4) is 0 Å². The van der Waals surface area contributed by atoms with E-state index in [1.165, 1.54) is 12.1 Å². The van der Waals surface area contributed by atoms with E-state index in [0.29, 0.717) is 13.1 Å². The molecule has 0 spiro atoms. The Morgan fingerprint density at radius 2 is 1.79 bits per heavy atom. The van der Waals surface area contributed by atoms with Crippen LogP contribution in [0.15, 0.2) is 18.2 Å². The number of benzene rings is 1. The molecule has 1 aromatic carbocycles. The topological polar surface area (TPSA) is 40.5 Å². The van der Waals surface area contributed by atoms with Crippen LogP contribution in [0.1, 0.15) is 37.3 Å². The van der Waals surface area contributed by atoms with Crippen LogP contribution in [0.5, 0.6) is 0 Å². The van der Waals surface area contributed by atoms with E-state index < -0.39 is 23.6 Å². The Kier molecular flexibility index (Phi) is 4.47. The number of carbonyl (C=O) groups is 1. The lowest BCUT2D eigenvalue weighted by atomic mass is 10.0. The fraction of sp³-hybridized carbons (Fsp3) is 0.500. The van der Waals surface area contributed by atoms with E-state index in [-0.39, 0.29) is 5.56 Å². The third-order valence-corrected chi connectivity index (χ3v) is 3.52. The molecular weight excluding hydrogens is 252 g/mol. The van der Waals surface area contributed by atoms with Crippen molar-refractivity contribution < 1.29 is 18.7 Å². The number of halogens is 2. The largest absolute Gasteiger partial charge is 0.480 e. The van der Waals surface area contributed by atoms with Gasteiger partial charge in [-0.05, 0) is 32.0 Å². The number of carboxylic acid groups (broad SMARTS) is 1. The fourth-order valence-corrected chi connectivity index (χ4v) is 2.57. The van der Waals surface area contributed by atoms with Gasteiger partial charge in [-0.25, -0.2) is 8.78 Å². The summed E-state index contributed by atoms with van der Waals surface area (Å²) in [5, 5.41) is 9.36. The third kappa shape index (κ3) is 3.10. The number of aliphatic carboxylic acids is 1. The van der Waals surface area contributed by atoms with Crippen LogP contribution in [0, 0.1) is 11.6 Å². The predicted molar refractivity (Wildman–Crippen MR) is 66.8 cm³/mol. The third-order valence-electron chi connectivity index (χ3n) is 3.52. The van der Waals surface area contributed by atoms with Gasteiger partial charge in [0.25, 0.3) is 0 Å². The van der Waals surface area contributed by atoms with Crippen LogP contribution in [0.2, 0.25) is 0 Å². The van der Waals surface area contributed by atoms with Crippen LogP contribution in [0.25, 0.3) is 0 Å². The highest BCUT2D eigenvalue weighted by molar-refractivity contribution is 5.75. The Balaban J connectivity index is 2.33. The monoisotopic (exact) mass is 269 g/mol. The van der Waals surface area contributed by atoms with Crippen molar-refractivity contribution in [1.82, 2.24) is 4.90 Å². The van der Waals surface area contributed by atoms with Crippen LogP contribution >= 0.6 is 0 Å². The van der Waals surface area contributed by atoms with E-state index in [4.69, 9.17) is 0 Å². The zero-order valence-electron chi connectivity index (χ0n) is 10.6. The van der Waals surface area contributed by atoms with Crippen molar-refractivity contribution in [1.29, 1.82) is 0 Å². The molecule has 1 aromatic rings. The number of hydrogen-bond acceptors (Lipinski definition) is 2. The molecule has 1 heterocycles. The number of nitrogens with zero attached hydrogens (tertiary/aromatic N) is 1. The summed E-state index contributed by atoms with van der Waals surface area (Å²) in [7, 11) is 0. The first kappa shape index (κ1) is 13.9. The van der Waals surface area contributed by atoms with Gasteiger partial charge in [-0.2, -0.15) is 0 Å². The van der Waals surface area contributed by atoms with Crippen molar-refractivity contribution in [3.05, 3.63) is 35.4 Å². The maximum atomic E-state index is 13.8. The molecule has 1 unspecified atom stereocenters. The lowest BCUT2D eigenvalue weighted by molar-refractivity contribution is -0.143. The van der Waals surface area contributed by atoms with Crippen LogP contribution in [-0.2, 0) is 4.79 Å². The first-order valence-corrected chi connectivity index (χ1v) is 6.52.